The number of anilines is 1. The summed E-state index contributed by atoms with van der Waals surface area (Å²) in [5.41, 5.74) is 2.77. The number of rotatable bonds is 4. The van der Waals surface area contributed by atoms with E-state index in [1.807, 2.05) is 24.4 Å². The Balaban J connectivity index is 1.55. The Labute approximate surface area is 201 Å². The second kappa shape index (κ2) is 8.17. The van der Waals surface area contributed by atoms with E-state index in [4.69, 9.17) is 4.98 Å². The summed E-state index contributed by atoms with van der Waals surface area (Å²) >= 11 is 3.40. The van der Waals surface area contributed by atoms with Gasteiger partial charge in [0.05, 0.1) is 41.4 Å². The van der Waals surface area contributed by atoms with Crippen LogP contribution in [0.25, 0.3) is 10.2 Å². The number of piperidine rings is 1. The summed E-state index contributed by atoms with van der Waals surface area (Å²) in [7, 11) is 0. The molecule has 33 heavy (non-hydrogen) atoms. The third-order valence-electron chi connectivity index (χ3n) is 7.22. The van der Waals surface area contributed by atoms with Gasteiger partial charge in [0, 0.05) is 29.8 Å². The lowest BCUT2D eigenvalue weighted by Gasteiger charge is -2.57. The third-order valence-corrected chi connectivity index (χ3v) is 9.54. The van der Waals surface area contributed by atoms with Crippen molar-refractivity contribution in [3.8, 4) is 6.07 Å². The highest BCUT2D eigenvalue weighted by Gasteiger charge is 2.62. The topological polar surface area (TPSA) is 73.1 Å². The molecule has 1 fully saturated rings. The maximum atomic E-state index is 10.7. The van der Waals surface area contributed by atoms with Gasteiger partial charge < -0.3 is 10.0 Å². The lowest BCUT2D eigenvalue weighted by Crippen LogP contribution is -2.74. The van der Waals surface area contributed by atoms with Gasteiger partial charge in [0.1, 0.15) is 5.01 Å². The van der Waals surface area contributed by atoms with Crippen molar-refractivity contribution >= 4 is 45.5 Å². The maximum absolute atomic E-state index is 10.7. The van der Waals surface area contributed by atoms with Crippen molar-refractivity contribution < 1.29 is 4.48 Å². The number of likely N-dealkylation sites (tertiary alicyclic amines) is 1. The zero-order valence-electron chi connectivity index (χ0n) is 18.1. The minimum Gasteiger partial charge on any atom is -0.324 e. The van der Waals surface area contributed by atoms with E-state index in [9.17, 15) is 5.26 Å². The number of hydrogen-bond donors (Lipinski definition) is 2. The van der Waals surface area contributed by atoms with Gasteiger partial charge in [-0.25, -0.2) is 9.98 Å². The first kappa shape index (κ1) is 20.7. The Kier molecular flexibility index (Phi) is 5.13. The third kappa shape index (κ3) is 3.11. The molecule has 0 saturated carbocycles. The van der Waals surface area contributed by atoms with Crippen molar-refractivity contribution in [2.24, 2.45) is 4.99 Å². The average molecular weight is 474 g/mol. The average Bonchev–Trinajstić information content (AvgIpc) is 3.50. The number of nitrogens with zero attached hydrogens (tertiary/aromatic N) is 4. The summed E-state index contributed by atoms with van der Waals surface area (Å²) in [4.78, 5) is 9.29. The number of nitriles is 1. The molecule has 3 aliphatic rings. The van der Waals surface area contributed by atoms with E-state index in [1.165, 1.54) is 17.7 Å². The first-order valence-corrected chi connectivity index (χ1v) is 13.1. The molecule has 8 heteroatoms. The molecular formula is C25H25N6S2+. The second-order valence-corrected chi connectivity index (χ2v) is 10.8. The van der Waals surface area contributed by atoms with E-state index in [1.54, 1.807) is 29.6 Å². The normalized spacial score (nSPS) is 26.2. The molecular weight excluding hydrogens is 448 g/mol. The molecule has 2 N–H and O–H groups in total. The molecule has 0 spiro atoms. The van der Waals surface area contributed by atoms with Crippen molar-refractivity contribution in [2.45, 2.75) is 36.2 Å². The van der Waals surface area contributed by atoms with E-state index in [0.29, 0.717) is 0 Å². The van der Waals surface area contributed by atoms with Crippen LogP contribution >= 0.6 is 23.3 Å². The number of quaternary nitrogens is 1. The Morgan fingerprint density at radius 2 is 1.91 bits per heavy atom. The first-order valence-electron chi connectivity index (χ1n) is 11.4. The second-order valence-electron chi connectivity index (χ2n) is 8.85. The molecule has 3 aliphatic heterocycles. The van der Waals surface area contributed by atoms with E-state index in [0.717, 1.165) is 45.6 Å². The summed E-state index contributed by atoms with van der Waals surface area (Å²) in [6.07, 6.45) is 9.25. The fourth-order valence-corrected chi connectivity index (χ4v) is 8.12. The number of para-hydroxylation sites is 2. The van der Waals surface area contributed by atoms with E-state index < -0.39 is 11.6 Å². The zero-order valence-corrected chi connectivity index (χ0v) is 19.8. The number of hydrogen-bond acceptors (Lipinski definition) is 7. The molecule has 1 saturated heterocycles. The van der Waals surface area contributed by atoms with Crippen LogP contribution in [0.5, 0.6) is 0 Å². The van der Waals surface area contributed by atoms with E-state index in [-0.39, 0.29) is 5.37 Å². The highest BCUT2D eigenvalue weighted by Crippen LogP contribution is 2.55. The van der Waals surface area contributed by atoms with Crippen LogP contribution in [0.2, 0.25) is 0 Å². The standard InChI is InChI=1S/C25H25N6S2/c26-16-19(23-29-21-10-4-5-11-22(21)32-23)25(12-13-27-17-28-25)31(14-6-1-7-15-31)24-18-8-2-3-9-20(18)30-33-24/h2-5,8-13,17,19,24,30H,1,6-7,14-15H2,(H,27,28)/q+1. The molecule has 6 rings (SSSR count). The summed E-state index contributed by atoms with van der Waals surface area (Å²) in [6, 6.07) is 19.4. The van der Waals surface area contributed by atoms with Gasteiger partial charge in [0.25, 0.3) is 0 Å². The molecule has 0 radical (unpaired) electrons. The Morgan fingerprint density at radius 3 is 2.70 bits per heavy atom. The molecule has 4 heterocycles. The van der Waals surface area contributed by atoms with Crippen LogP contribution in [0.15, 0.2) is 65.8 Å². The van der Waals surface area contributed by atoms with Crippen molar-refractivity contribution in [1.82, 2.24) is 10.3 Å². The van der Waals surface area contributed by atoms with Crippen molar-refractivity contribution in [3.05, 3.63) is 71.4 Å². The lowest BCUT2D eigenvalue weighted by molar-refractivity contribution is -0.990. The quantitative estimate of drug-likeness (QED) is 0.386. The van der Waals surface area contributed by atoms with Crippen molar-refractivity contribution in [3.63, 3.8) is 0 Å². The van der Waals surface area contributed by atoms with Gasteiger partial charge in [-0.15, -0.1) is 11.3 Å². The minimum atomic E-state index is -0.665. The summed E-state index contributed by atoms with van der Waals surface area (Å²) < 4.78 is 5.43. The number of nitrogens with one attached hydrogen (secondary N) is 2. The van der Waals surface area contributed by atoms with Crippen LogP contribution in [0.4, 0.5) is 5.69 Å². The van der Waals surface area contributed by atoms with Crippen LogP contribution in [0.1, 0.15) is 41.1 Å². The molecule has 3 unspecified atom stereocenters. The van der Waals surface area contributed by atoms with Crippen molar-refractivity contribution in [2.75, 3.05) is 17.8 Å². The molecule has 166 valence electrons. The predicted octanol–water partition coefficient (Wildman–Crippen LogP) is 5.52. The Bertz CT molecular complexity index is 1250. The van der Waals surface area contributed by atoms with Gasteiger partial charge in [0.15, 0.2) is 11.3 Å². The summed E-state index contributed by atoms with van der Waals surface area (Å²) in [5, 5.41) is 15.3. The highest BCUT2D eigenvalue weighted by molar-refractivity contribution is 8.01. The number of thiazole rings is 1. The fraction of sp³-hybridized carbons (Fsp3) is 0.320. The van der Waals surface area contributed by atoms with Crippen LogP contribution in [-0.4, -0.2) is 34.6 Å². The summed E-state index contributed by atoms with van der Waals surface area (Å²) in [5.74, 6) is -0.454. The smallest absolute Gasteiger partial charge is 0.218 e. The van der Waals surface area contributed by atoms with Gasteiger partial charge in [-0.3, -0.25) is 4.48 Å². The minimum absolute atomic E-state index is 0.162. The lowest BCUT2D eigenvalue weighted by atomic mass is 9.85. The molecule has 1 aromatic heterocycles. The van der Waals surface area contributed by atoms with Gasteiger partial charge in [-0.1, -0.05) is 24.3 Å². The summed E-state index contributed by atoms with van der Waals surface area (Å²) in [6.45, 7) is 1.98. The maximum Gasteiger partial charge on any atom is 0.218 e. The van der Waals surface area contributed by atoms with Gasteiger partial charge >= 0.3 is 0 Å². The number of benzene rings is 2. The molecule has 6 nitrogen and oxygen atoms in total. The SMILES string of the molecule is N#CC(c1nc2ccccc2s1)C1([N+]2(C3SNc4ccccc43)CCCCC2)C=CN=CN1. The van der Waals surface area contributed by atoms with Crippen LogP contribution in [0.3, 0.4) is 0 Å². The number of fused-ring (bicyclic) bond motifs is 2. The molecule has 2 aromatic carbocycles. The molecule has 0 amide bonds. The fourth-order valence-electron chi connectivity index (χ4n) is 5.69. The predicted molar refractivity (Wildman–Crippen MR) is 136 cm³/mol. The molecule has 0 aliphatic carbocycles. The number of aromatic nitrogens is 1. The monoisotopic (exact) mass is 473 g/mol. The highest BCUT2D eigenvalue weighted by atomic mass is 32.2. The van der Waals surface area contributed by atoms with Gasteiger partial charge in [-0.05, 0) is 43.5 Å². The Hall–Kier alpha value is -2.86. The zero-order chi connectivity index (χ0) is 22.3. The Morgan fingerprint density at radius 1 is 1.09 bits per heavy atom. The van der Waals surface area contributed by atoms with E-state index in [2.05, 4.69) is 57.5 Å². The largest absolute Gasteiger partial charge is 0.324 e. The van der Waals surface area contributed by atoms with Gasteiger partial charge in [0.2, 0.25) is 5.66 Å². The first-order chi connectivity index (χ1) is 16.3. The number of aliphatic imine (C=N–C) groups is 1. The van der Waals surface area contributed by atoms with Crippen LogP contribution in [-0.2, 0) is 0 Å². The molecule has 3 aromatic rings. The van der Waals surface area contributed by atoms with Gasteiger partial charge in [-0.2, -0.15) is 5.26 Å². The van der Waals surface area contributed by atoms with Crippen molar-refractivity contribution in [1.29, 1.82) is 5.26 Å². The van der Waals surface area contributed by atoms with Crippen LogP contribution in [0, 0.1) is 11.3 Å². The molecule has 0 bridgehead atoms. The van der Waals surface area contributed by atoms with E-state index >= 15 is 0 Å². The molecule has 3 atom stereocenters. The van der Waals surface area contributed by atoms with Crippen LogP contribution < -0.4 is 10.0 Å².